The number of halogens is 1. The third-order valence-electron chi connectivity index (χ3n) is 5.73. The molecule has 0 bridgehead atoms. The van der Waals surface area contributed by atoms with Gasteiger partial charge in [0, 0.05) is 48.9 Å². The van der Waals surface area contributed by atoms with Crippen molar-refractivity contribution in [3.63, 3.8) is 0 Å². The monoisotopic (exact) mass is 450 g/mol. The summed E-state index contributed by atoms with van der Waals surface area (Å²) in [5, 5.41) is 10.5. The molecule has 164 valence electrons. The lowest BCUT2D eigenvalue weighted by atomic mass is 10.0. The van der Waals surface area contributed by atoms with Crippen molar-refractivity contribution in [1.82, 2.24) is 20.2 Å². The largest absolute Gasteiger partial charge is 0.331 e. The molecule has 0 saturated carbocycles. The van der Waals surface area contributed by atoms with Crippen molar-refractivity contribution >= 4 is 28.2 Å². The summed E-state index contributed by atoms with van der Waals surface area (Å²) in [6.07, 6.45) is 1.65. The summed E-state index contributed by atoms with van der Waals surface area (Å²) in [5.74, 6) is -0.628. The number of fused-ring (bicyclic) bond motifs is 1. The van der Waals surface area contributed by atoms with Gasteiger partial charge in [-0.1, -0.05) is 23.0 Å². The predicted molar refractivity (Wildman–Crippen MR) is 123 cm³/mol. The van der Waals surface area contributed by atoms with Gasteiger partial charge in [0.25, 0.3) is 0 Å². The molecule has 2 aromatic heterocycles. The number of thiophene rings is 1. The van der Waals surface area contributed by atoms with Gasteiger partial charge in [0.1, 0.15) is 11.3 Å². The third kappa shape index (κ3) is 4.17. The summed E-state index contributed by atoms with van der Waals surface area (Å²) in [7, 11) is 0. The minimum Gasteiger partial charge on any atom is -0.319 e. The zero-order valence-corrected chi connectivity index (χ0v) is 18.4. The molecule has 6 nitrogen and oxygen atoms in total. The summed E-state index contributed by atoms with van der Waals surface area (Å²) in [6.45, 7) is 4.52. The first-order valence-corrected chi connectivity index (χ1v) is 11.4. The van der Waals surface area contributed by atoms with Crippen LogP contribution in [0.4, 0.5) is 4.39 Å². The average Bonchev–Trinajstić information content (AvgIpc) is 3.46. The quantitative estimate of drug-likeness (QED) is 0.498. The Labute approximate surface area is 189 Å². The van der Waals surface area contributed by atoms with E-state index in [2.05, 4.69) is 32.8 Å². The lowest BCUT2D eigenvalue weighted by Gasteiger charge is -2.35. The second-order valence-corrected chi connectivity index (χ2v) is 8.87. The van der Waals surface area contributed by atoms with Gasteiger partial charge in [0.2, 0.25) is 0 Å². The summed E-state index contributed by atoms with van der Waals surface area (Å²) in [4.78, 5) is 21.2. The van der Waals surface area contributed by atoms with E-state index in [1.807, 2.05) is 24.3 Å². The lowest BCUT2D eigenvalue weighted by molar-refractivity contribution is -0.142. The van der Waals surface area contributed by atoms with Crippen LogP contribution in [0.5, 0.6) is 0 Å². The highest BCUT2D eigenvalue weighted by atomic mass is 32.1. The Hall–Kier alpha value is -3.07. The fourth-order valence-corrected chi connectivity index (χ4v) is 5.04. The summed E-state index contributed by atoms with van der Waals surface area (Å²) >= 11 is 1.74. The van der Waals surface area contributed by atoms with E-state index in [0.29, 0.717) is 17.6 Å². The Morgan fingerprint density at radius 3 is 2.91 bits per heavy atom. The van der Waals surface area contributed by atoms with E-state index in [1.165, 1.54) is 16.6 Å². The maximum absolute atomic E-state index is 14.8. The van der Waals surface area contributed by atoms with Crippen LogP contribution in [-0.4, -0.2) is 40.4 Å². The Bertz CT molecular complexity index is 1250. The van der Waals surface area contributed by atoms with Gasteiger partial charge in [-0.05, 0) is 46.8 Å². The average molecular weight is 451 g/mol. The molecule has 1 saturated heterocycles. The second kappa shape index (κ2) is 8.82. The zero-order chi connectivity index (χ0) is 22.1. The van der Waals surface area contributed by atoms with Crippen LogP contribution in [-0.2, 0) is 11.3 Å². The van der Waals surface area contributed by atoms with Crippen LogP contribution in [0.15, 0.2) is 60.1 Å². The molecule has 32 heavy (non-hydrogen) atoms. The van der Waals surface area contributed by atoms with E-state index in [1.54, 1.807) is 29.7 Å². The van der Waals surface area contributed by atoms with E-state index < -0.39 is 5.97 Å². The van der Waals surface area contributed by atoms with Crippen LogP contribution in [0.1, 0.15) is 23.4 Å². The molecule has 4 aromatic rings. The summed E-state index contributed by atoms with van der Waals surface area (Å²) in [5.41, 5.74) is 3.27. The SMILES string of the molecule is CC(=O)On1ncc2cc(-c3ccc(F)c(CN4CCNCC4c4cccs4)c3)ccc21. The van der Waals surface area contributed by atoms with E-state index in [4.69, 9.17) is 4.84 Å². The van der Waals surface area contributed by atoms with Crippen molar-refractivity contribution in [2.75, 3.05) is 19.6 Å². The topological polar surface area (TPSA) is 59.4 Å². The minimum absolute atomic E-state index is 0.194. The number of hydrogen-bond acceptors (Lipinski definition) is 6. The first-order valence-electron chi connectivity index (χ1n) is 10.5. The lowest BCUT2D eigenvalue weighted by Crippen LogP contribution is -2.45. The molecular formula is C24H23FN4O2S. The van der Waals surface area contributed by atoms with Gasteiger partial charge in [-0.2, -0.15) is 0 Å². The van der Waals surface area contributed by atoms with Crippen molar-refractivity contribution in [2.24, 2.45) is 0 Å². The summed E-state index contributed by atoms with van der Waals surface area (Å²) < 4.78 is 14.8. The van der Waals surface area contributed by atoms with Crippen molar-refractivity contribution in [1.29, 1.82) is 0 Å². The molecule has 8 heteroatoms. The molecule has 0 radical (unpaired) electrons. The van der Waals surface area contributed by atoms with E-state index in [0.717, 1.165) is 36.1 Å². The van der Waals surface area contributed by atoms with Gasteiger partial charge in [-0.15, -0.1) is 16.4 Å². The van der Waals surface area contributed by atoms with Gasteiger partial charge in [-0.3, -0.25) is 4.90 Å². The summed E-state index contributed by atoms with van der Waals surface area (Å²) in [6, 6.07) is 15.5. The van der Waals surface area contributed by atoms with Crippen LogP contribution >= 0.6 is 11.3 Å². The second-order valence-electron chi connectivity index (χ2n) is 7.89. The molecular weight excluding hydrogens is 427 g/mol. The van der Waals surface area contributed by atoms with Crippen molar-refractivity contribution < 1.29 is 14.0 Å². The molecule has 3 heterocycles. The van der Waals surface area contributed by atoms with Gasteiger partial charge >= 0.3 is 5.97 Å². The Balaban J connectivity index is 1.43. The van der Waals surface area contributed by atoms with Crippen molar-refractivity contribution in [2.45, 2.75) is 19.5 Å². The maximum Gasteiger partial charge on any atom is 0.331 e. The molecule has 1 N–H and O–H groups in total. The molecule has 1 aliphatic heterocycles. The number of carbonyl (C=O) groups excluding carboxylic acids is 1. The van der Waals surface area contributed by atoms with Crippen LogP contribution in [0.25, 0.3) is 22.0 Å². The Morgan fingerprint density at radius 2 is 2.09 bits per heavy atom. The van der Waals surface area contributed by atoms with Crippen LogP contribution in [0, 0.1) is 5.82 Å². The molecule has 0 spiro atoms. The zero-order valence-electron chi connectivity index (χ0n) is 17.6. The minimum atomic E-state index is -0.434. The molecule has 2 aromatic carbocycles. The molecule has 1 fully saturated rings. The highest BCUT2D eigenvalue weighted by molar-refractivity contribution is 7.10. The first-order chi connectivity index (χ1) is 15.6. The van der Waals surface area contributed by atoms with Crippen LogP contribution < -0.4 is 10.2 Å². The van der Waals surface area contributed by atoms with Crippen molar-refractivity contribution in [3.05, 3.63) is 76.4 Å². The smallest absolute Gasteiger partial charge is 0.319 e. The predicted octanol–water partition coefficient (Wildman–Crippen LogP) is 4.03. The van der Waals surface area contributed by atoms with E-state index in [9.17, 15) is 9.18 Å². The van der Waals surface area contributed by atoms with Gasteiger partial charge in [-0.25, -0.2) is 9.18 Å². The number of hydrogen-bond donors (Lipinski definition) is 1. The van der Waals surface area contributed by atoms with Crippen molar-refractivity contribution in [3.8, 4) is 11.1 Å². The fourth-order valence-electron chi connectivity index (χ4n) is 4.17. The highest BCUT2D eigenvalue weighted by Gasteiger charge is 2.25. The molecule has 0 amide bonds. The number of aromatic nitrogens is 2. The first kappa shape index (κ1) is 20.8. The van der Waals surface area contributed by atoms with Gasteiger partial charge in [0.15, 0.2) is 0 Å². The fraction of sp³-hybridized carbons (Fsp3) is 0.250. The number of piperazine rings is 1. The maximum atomic E-state index is 14.8. The normalized spacial score (nSPS) is 17.0. The molecule has 1 atom stereocenters. The van der Waals surface area contributed by atoms with E-state index >= 15 is 0 Å². The number of rotatable bonds is 5. The molecule has 1 unspecified atom stereocenters. The number of nitrogens with zero attached hydrogens (tertiary/aromatic N) is 3. The van der Waals surface area contributed by atoms with Crippen LogP contribution in [0.3, 0.4) is 0 Å². The number of nitrogens with one attached hydrogen (secondary N) is 1. The molecule has 0 aliphatic carbocycles. The van der Waals surface area contributed by atoms with Gasteiger partial charge < -0.3 is 10.2 Å². The number of carbonyl (C=O) groups is 1. The third-order valence-corrected chi connectivity index (χ3v) is 6.70. The molecule has 5 rings (SSSR count). The molecule has 1 aliphatic rings. The van der Waals surface area contributed by atoms with Gasteiger partial charge in [0.05, 0.1) is 12.2 Å². The Morgan fingerprint density at radius 1 is 1.25 bits per heavy atom. The van der Waals surface area contributed by atoms with E-state index in [-0.39, 0.29) is 11.9 Å². The number of benzene rings is 2. The highest BCUT2D eigenvalue weighted by Crippen LogP contribution is 2.30. The van der Waals surface area contributed by atoms with Crippen LogP contribution in [0.2, 0.25) is 0 Å². The standard InChI is InChI=1S/C24H23FN4O2S/c1-16(30)31-29-22-7-5-18(11-19(22)13-27-29)17-4-6-21(25)20(12-17)15-28-9-8-26-14-23(28)24-3-2-10-32-24/h2-7,10-13,23,26H,8-9,14-15H2,1H3. The Kier molecular flexibility index (Phi) is 5.73.